The third-order valence-corrected chi connectivity index (χ3v) is 3.76. The van der Waals surface area contributed by atoms with Gasteiger partial charge in [-0.2, -0.15) is 0 Å². The van der Waals surface area contributed by atoms with E-state index in [0.29, 0.717) is 30.8 Å². The summed E-state index contributed by atoms with van der Waals surface area (Å²) in [6.07, 6.45) is 1.52. The first-order chi connectivity index (χ1) is 9.95. The zero-order chi connectivity index (χ0) is 15.4. The highest BCUT2D eigenvalue weighted by atomic mass is 19.1. The van der Waals surface area contributed by atoms with Gasteiger partial charge < -0.3 is 15.3 Å². The number of carboxylic acid groups (broad SMARTS) is 1. The van der Waals surface area contributed by atoms with Crippen LogP contribution in [0.1, 0.15) is 24.8 Å². The second kappa shape index (κ2) is 6.56. The third-order valence-electron chi connectivity index (χ3n) is 3.76. The SMILES string of the molecule is Cc1ccc(NC(=O)N2CCC(CCC(=O)O)C2)cc1F. The standard InChI is InChI=1S/C15H19FN2O3/c1-10-2-4-12(8-13(10)16)17-15(21)18-7-6-11(9-18)3-5-14(19)20/h2,4,8,11H,3,5-7,9H2,1H3,(H,17,21)(H,19,20). The Kier molecular flexibility index (Phi) is 4.77. The molecule has 0 spiro atoms. The van der Waals surface area contributed by atoms with E-state index < -0.39 is 5.97 Å². The average molecular weight is 294 g/mol. The minimum absolute atomic E-state index is 0.128. The highest BCUT2D eigenvalue weighted by molar-refractivity contribution is 5.89. The first-order valence-corrected chi connectivity index (χ1v) is 6.99. The molecule has 1 heterocycles. The van der Waals surface area contributed by atoms with Crippen molar-refractivity contribution in [1.82, 2.24) is 4.90 Å². The number of likely N-dealkylation sites (tertiary alicyclic amines) is 1. The van der Waals surface area contributed by atoms with Crippen LogP contribution in [0.3, 0.4) is 0 Å². The Bertz CT molecular complexity index is 548. The zero-order valence-corrected chi connectivity index (χ0v) is 11.9. The smallest absolute Gasteiger partial charge is 0.321 e. The van der Waals surface area contributed by atoms with Gasteiger partial charge in [-0.15, -0.1) is 0 Å². The van der Waals surface area contributed by atoms with Crippen molar-refractivity contribution in [2.24, 2.45) is 5.92 Å². The molecule has 114 valence electrons. The van der Waals surface area contributed by atoms with Crippen LogP contribution in [-0.2, 0) is 4.79 Å². The van der Waals surface area contributed by atoms with E-state index in [1.54, 1.807) is 24.0 Å². The number of hydrogen-bond donors (Lipinski definition) is 2. The van der Waals surface area contributed by atoms with Crippen LogP contribution < -0.4 is 5.32 Å². The normalized spacial score (nSPS) is 17.8. The topological polar surface area (TPSA) is 69.6 Å². The van der Waals surface area contributed by atoms with Gasteiger partial charge in [0.25, 0.3) is 0 Å². The van der Waals surface area contributed by atoms with E-state index in [1.165, 1.54) is 6.07 Å². The summed E-state index contributed by atoms with van der Waals surface area (Å²) in [5, 5.41) is 11.3. The van der Waals surface area contributed by atoms with Gasteiger partial charge in [0.1, 0.15) is 5.82 Å². The number of anilines is 1. The van der Waals surface area contributed by atoms with Crippen molar-refractivity contribution < 1.29 is 19.1 Å². The number of benzene rings is 1. The number of aliphatic carboxylic acids is 1. The van der Waals surface area contributed by atoms with Gasteiger partial charge >= 0.3 is 12.0 Å². The number of halogens is 1. The maximum absolute atomic E-state index is 13.4. The summed E-state index contributed by atoms with van der Waals surface area (Å²) in [4.78, 5) is 24.3. The molecule has 0 bridgehead atoms. The number of carbonyl (C=O) groups is 2. The van der Waals surface area contributed by atoms with Crippen LogP contribution in [0.2, 0.25) is 0 Å². The van der Waals surface area contributed by atoms with Gasteiger partial charge in [-0.25, -0.2) is 9.18 Å². The highest BCUT2D eigenvalue weighted by Gasteiger charge is 2.26. The predicted molar refractivity (Wildman–Crippen MR) is 76.7 cm³/mol. The van der Waals surface area contributed by atoms with Gasteiger partial charge in [-0.3, -0.25) is 4.79 Å². The lowest BCUT2D eigenvalue weighted by Gasteiger charge is -2.17. The fourth-order valence-electron chi connectivity index (χ4n) is 2.45. The molecule has 21 heavy (non-hydrogen) atoms. The maximum atomic E-state index is 13.4. The lowest BCUT2D eigenvalue weighted by Crippen LogP contribution is -2.33. The highest BCUT2D eigenvalue weighted by Crippen LogP contribution is 2.22. The van der Waals surface area contributed by atoms with E-state index in [1.807, 2.05) is 0 Å². The number of urea groups is 1. The number of hydrogen-bond acceptors (Lipinski definition) is 2. The number of carbonyl (C=O) groups excluding carboxylic acids is 1. The molecule has 0 radical (unpaired) electrons. The van der Waals surface area contributed by atoms with Crippen molar-refractivity contribution in [3.8, 4) is 0 Å². The molecule has 1 aliphatic heterocycles. The van der Waals surface area contributed by atoms with Gasteiger partial charge in [0.2, 0.25) is 0 Å². The molecule has 0 aliphatic carbocycles. The summed E-state index contributed by atoms with van der Waals surface area (Å²) in [7, 11) is 0. The Morgan fingerprint density at radius 3 is 2.90 bits per heavy atom. The fraction of sp³-hybridized carbons (Fsp3) is 0.467. The molecular formula is C15H19FN2O3. The second-order valence-electron chi connectivity index (χ2n) is 5.43. The molecule has 1 aromatic carbocycles. The van der Waals surface area contributed by atoms with Crippen LogP contribution >= 0.6 is 0 Å². The number of rotatable bonds is 4. The fourth-order valence-corrected chi connectivity index (χ4v) is 2.45. The lowest BCUT2D eigenvalue weighted by atomic mass is 10.0. The molecule has 1 fully saturated rings. The van der Waals surface area contributed by atoms with Crippen molar-refractivity contribution in [1.29, 1.82) is 0 Å². The molecule has 1 saturated heterocycles. The minimum atomic E-state index is -0.812. The summed E-state index contributed by atoms with van der Waals surface area (Å²) < 4.78 is 13.4. The minimum Gasteiger partial charge on any atom is -0.481 e. The first kappa shape index (κ1) is 15.3. The maximum Gasteiger partial charge on any atom is 0.321 e. The Morgan fingerprint density at radius 2 is 2.24 bits per heavy atom. The molecule has 2 rings (SSSR count). The molecule has 1 aromatic rings. The van der Waals surface area contributed by atoms with E-state index >= 15 is 0 Å². The molecule has 5 nitrogen and oxygen atoms in total. The van der Waals surface area contributed by atoms with Crippen molar-refractivity contribution in [2.45, 2.75) is 26.2 Å². The van der Waals surface area contributed by atoms with E-state index in [-0.39, 0.29) is 24.2 Å². The van der Waals surface area contributed by atoms with Crippen LogP contribution in [0.5, 0.6) is 0 Å². The summed E-state index contributed by atoms with van der Waals surface area (Å²) >= 11 is 0. The Labute approximate surface area is 122 Å². The average Bonchev–Trinajstić information content (AvgIpc) is 2.89. The van der Waals surface area contributed by atoms with Crippen LogP contribution in [-0.4, -0.2) is 35.1 Å². The largest absolute Gasteiger partial charge is 0.481 e. The monoisotopic (exact) mass is 294 g/mol. The predicted octanol–water partition coefficient (Wildman–Crippen LogP) is 2.85. The number of amides is 2. The lowest BCUT2D eigenvalue weighted by molar-refractivity contribution is -0.137. The van der Waals surface area contributed by atoms with Crippen molar-refractivity contribution in [2.75, 3.05) is 18.4 Å². The van der Waals surface area contributed by atoms with E-state index in [9.17, 15) is 14.0 Å². The molecule has 1 aliphatic rings. The van der Waals surface area contributed by atoms with Gasteiger partial charge in [0, 0.05) is 25.2 Å². The number of aryl methyl sites for hydroxylation is 1. The molecule has 0 aromatic heterocycles. The number of carboxylic acids is 1. The van der Waals surface area contributed by atoms with Gasteiger partial charge in [-0.1, -0.05) is 6.07 Å². The molecule has 2 N–H and O–H groups in total. The molecular weight excluding hydrogens is 275 g/mol. The molecule has 6 heteroatoms. The third kappa shape index (κ3) is 4.18. The van der Waals surface area contributed by atoms with Gasteiger partial charge in [0.15, 0.2) is 0 Å². The summed E-state index contributed by atoms with van der Waals surface area (Å²) in [5.74, 6) is -0.941. The van der Waals surface area contributed by atoms with E-state index in [0.717, 1.165) is 6.42 Å². The van der Waals surface area contributed by atoms with Crippen molar-refractivity contribution in [3.05, 3.63) is 29.6 Å². The Hall–Kier alpha value is -2.11. The van der Waals surface area contributed by atoms with Crippen LogP contribution in [0.15, 0.2) is 18.2 Å². The van der Waals surface area contributed by atoms with Crippen LogP contribution in [0.4, 0.5) is 14.9 Å². The number of nitrogens with zero attached hydrogens (tertiary/aromatic N) is 1. The Balaban J connectivity index is 1.86. The van der Waals surface area contributed by atoms with E-state index in [4.69, 9.17) is 5.11 Å². The quantitative estimate of drug-likeness (QED) is 0.897. The van der Waals surface area contributed by atoms with Crippen molar-refractivity contribution >= 4 is 17.7 Å². The first-order valence-electron chi connectivity index (χ1n) is 6.99. The van der Waals surface area contributed by atoms with E-state index in [2.05, 4.69) is 5.32 Å². The number of nitrogens with one attached hydrogen (secondary N) is 1. The van der Waals surface area contributed by atoms with Crippen molar-refractivity contribution in [3.63, 3.8) is 0 Å². The van der Waals surface area contributed by atoms with Gasteiger partial charge in [0.05, 0.1) is 0 Å². The van der Waals surface area contributed by atoms with Crippen LogP contribution in [0, 0.1) is 18.7 Å². The summed E-state index contributed by atoms with van der Waals surface area (Å²) in [6.45, 7) is 2.81. The van der Waals surface area contributed by atoms with Crippen LogP contribution in [0.25, 0.3) is 0 Å². The van der Waals surface area contributed by atoms with Gasteiger partial charge in [-0.05, 0) is 43.4 Å². The summed E-state index contributed by atoms with van der Waals surface area (Å²) in [5.41, 5.74) is 0.958. The summed E-state index contributed by atoms with van der Waals surface area (Å²) in [6, 6.07) is 4.31. The molecule has 2 amide bonds. The molecule has 1 atom stereocenters. The Morgan fingerprint density at radius 1 is 1.48 bits per heavy atom. The second-order valence-corrected chi connectivity index (χ2v) is 5.43. The zero-order valence-electron chi connectivity index (χ0n) is 11.9. The molecule has 0 saturated carbocycles. The molecule has 1 unspecified atom stereocenters.